The number of piperidine rings is 1. The van der Waals surface area contributed by atoms with Gasteiger partial charge in [0, 0.05) is 18.0 Å². The van der Waals surface area contributed by atoms with Crippen LogP contribution in [-0.2, 0) is 9.59 Å². The second-order valence-electron chi connectivity index (χ2n) is 4.83. The molecule has 0 aromatic heterocycles. The van der Waals surface area contributed by atoms with Crippen molar-refractivity contribution in [2.75, 3.05) is 13.2 Å². The standard InChI is InChI=1S/C14H17ClN2O4/c15-9-2-1-3-11(6-9)21-8-10(18)7-16-12-4-5-13(19)17-14(12)20/h1-3,6,10,12,16,18H,4-5,7-8H2,(H,17,19,20). The second-order valence-corrected chi connectivity index (χ2v) is 5.27. The third kappa shape index (κ3) is 5.00. The molecule has 1 fully saturated rings. The summed E-state index contributed by atoms with van der Waals surface area (Å²) >= 11 is 5.82. The predicted octanol–water partition coefficient (Wildman–Crippen LogP) is 0.474. The van der Waals surface area contributed by atoms with Crippen LogP contribution in [0.4, 0.5) is 0 Å². The van der Waals surface area contributed by atoms with Crippen molar-refractivity contribution in [3.05, 3.63) is 29.3 Å². The van der Waals surface area contributed by atoms with Crippen molar-refractivity contribution in [1.82, 2.24) is 10.6 Å². The van der Waals surface area contributed by atoms with Crippen molar-refractivity contribution in [1.29, 1.82) is 0 Å². The number of ether oxygens (including phenoxy) is 1. The molecular weight excluding hydrogens is 296 g/mol. The maximum absolute atomic E-state index is 11.5. The van der Waals surface area contributed by atoms with E-state index in [4.69, 9.17) is 16.3 Å². The predicted molar refractivity (Wildman–Crippen MR) is 77.1 cm³/mol. The van der Waals surface area contributed by atoms with E-state index >= 15 is 0 Å². The molecule has 1 heterocycles. The molecule has 21 heavy (non-hydrogen) atoms. The first-order chi connectivity index (χ1) is 10.0. The molecule has 3 N–H and O–H groups in total. The minimum absolute atomic E-state index is 0.0839. The van der Waals surface area contributed by atoms with Crippen LogP contribution in [0, 0.1) is 0 Å². The van der Waals surface area contributed by atoms with Gasteiger partial charge in [-0.2, -0.15) is 0 Å². The van der Waals surface area contributed by atoms with Crippen LogP contribution < -0.4 is 15.4 Å². The molecule has 114 valence electrons. The number of aliphatic hydroxyl groups is 1. The summed E-state index contributed by atoms with van der Waals surface area (Å²) in [5.41, 5.74) is 0. The Labute approximate surface area is 127 Å². The number of carbonyl (C=O) groups is 2. The Kier molecular flexibility index (Phi) is 5.55. The molecule has 0 bridgehead atoms. The van der Waals surface area contributed by atoms with Crippen molar-refractivity contribution in [3.63, 3.8) is 0 Å². The van der Waals surface area contributed by atoms with Gasteiger partial charge in [0.1, 0.15) is 18.5 Å². The Morgan fingerprint density at radius 1 is 1.48 bits per heavy atom. The Morgan fingerprint density at radius 2 is 2.29 bits per heavy atom. The monoisotopic (exact) mass is 312 g/mol. The van der Waals surface area contributed by atoms with Gasteiger partial charge in [0.15, 0.2) is 0 Å². The first-order valence-corrected chi connectivity index (χ1v) is 7.06. The van der Waals surface area contributed by atoms with Crippen LogP contribution in [0.2, 0.25) is 5.02 Å². The first kappa shape index (κ1) is 15.8. The van der Waals surface area contributed by atoms with E-state index in [2.05, 4.69) is 10.6 Å². The molecule has 2 unspecified atom stereocenters. The molecule has 7 heteroatoms. The highest BCUT2D eigenvalue weighted by Gasteiger charge is 2.26. The summed E-state index contributed by atoms with van der Waals surface area (Å²) in [6, 6.07) is 6.43. The van der Waals surface area contributed by atoms with Crippen LogP contribution in [0.25, 0.3) is 0 Å². The molecule has 1 saturated heterocycles. The van der Waals surface area contributed by atoms with E-state index in [1.54, 1.807) is 24.3 Å². The van der Waals surface area contributed by atoms with E-state index in [1.165, 1.54) is 0 Å². The lowest BCUT2D eigenvalue weighted by atomic mass is 10.1. The minimum atomic E-state index is -0.769. The van der Waals surface area contributed by atoms with Crippen LogP contribution in [0.1, 0.15) is 12.8 Å². The largest absolute Gasteiger partial charge is 0.491 e. The van der Waals surface area contributed by atoms with Gasteiger partial charge in [0.05, 0.1) is 6.04 Å². The number of carbonyl (C=O) groups excluding carboxylic acids is 2. The van der Waals surface area contributed by atoms with Crippen LogP contribution in [0.5, 0.6) is 5.75 Å². The van der Waals surface area contributed by atoms with Crippen LogP contribution in [0.15, 0.2) is 24.3 Å². The first-order valence-electron chi connectivity index (χ1n) is 6.68. The third-order valence-corrected chi connectivity index (χ3v) is 3.31. The summed E-state index contributed by atoms with van der Waals surface area (Å²) in [7, 11) is 0. The fourth-order valence-corrected chi connectivity index (χ4v) is 2.16. The van der Waals surface area contributed by atoms with Crippen LogP contribution in [-0.4, -0.2) is 42.2 Å². The van der Waals surface area contributed by atoms with Crippen molar-refractivity contribution in [3.8, 4) is 5.75 Å². The molecule has 1 aromatic carbocycles. The highest BCUT2D eigenvalue weighted by Crippen LogP contribution is 2.17. The van der Waals surface area contributed by atoms with Gasteiger partial charge in [0.2, 0.25) is 11.8 Å². The van der Waals surface area contributed by atoms with Crippen molar-refractivity contribution >= 4 is 23.4 Å². The lowest BCUT2D eigenvalue weighted by Gasteiger charge is -2.23. The second kappa shape index (κ2) is 7.40. The van der Waals surface area contributed by atoms with Gasteiger partial charge in [-0.25, -0.2) is 0 Å². The Balaban J connectivity index is 1.71. The topological polar surface area (TPSA) is 87.7 Å². The van der Waals surface area contributed by atoms with Crippen molar-refractivity contribution in [2.24, 2.45) is 0 Å². The molecule has 1 aliphatic rings. The number of benzene rings is 1. The molecule has 0 spiro atoms. The number of aliphatic hydroxyl groups excluding tert-OH is 1. The number of imide groups is 1. The molecule has 6 nitrogen and oxygen atoms in total. The van der Waals surface area contributed by atoms with E-state index in [9.17, 15) is 14.7 Å². The van der Waals surface area contributed by atoms with Gasteiger partial charge in [-0.1, -0.05) is 17.7 Å². The molecule has 0 aliphatic carbocycles. The van der Waals surface area contributed by atoms with Crippen molar-refractivity contribution < 1.29 is 19.4 Å². The number of nitrogens with one attached hydrogen (secondary N) is 2. The zero-order valence-electron chi connectivity index (χ0n) is 11.3. The lowest BCUT2D eigenvalue weighted by molar-refractivity contribution is -0.134. The van der Waals surface area contributed by atoms with Crippen LogP contribution >= 0.6 is 11.6 Å². The minimum Gasteiger partial charge on any atom is -0.491 e. The summed E-state index contributed by atoms with van der Waals surface area (Å²) in [6.45, 7) is 0.285. The maximum atomic E-state index is 11.5. The average Bonchev–Trinajstić information content (AvgIpc) is 2.44. The average molecular weight is 313 g/mol. The van der Waals surface area contributed by atoms with Gasteiger partial charge < -0.3 is 15.2 Å². The molecule has 2 amide bonds. The summed E-state index contributed by atoms with van der Waals surface area (Å²) in [5.74, 6) is -0.0420. The quantitative estimate of drug-likeness (QED) is 0.665. The zero-order valence-corrected chi connectivity index (χ0v) is 12.1. The normalized spacial score (nSPS) is 20.0. The molecule has 1 aliphatic heterocycles. The number of rotatable bonds is 6. The van der Waals surface area contributed by atoms with Gasteiger partial charge in [0.25, 0.3) is 0 Å². The van der Waals surface area contributed by atoms with E-state index in [-0.39, 0.29) is 25.0 Å². The van der Waals surface area contributed by atoms with E-state index < -0.39 is 12.1 Å². The van der Waals surface area contributed by atoms with Crippen molar-refractivity contribution in [2.45, 2.75) is 25.0 Å². The zero-order chi connectivity index (χ0) is 15.2. The number of amides is 2. The molecule has 2 rings (SSSR count). The molecular formula is C14H17ClN2O4. The summed E-state index contributed by atoms with van der Waals surface area (Å²) in [4.78, 5) is 22.5. The Morgan fingerprint density at radius 3 is 3.00 bits per heavy atom. The summed E-state index contributed by atoms with van der Waals surface area (Å²) in [5, 5.41) is 15.6. The molecule has 0 saturated carbocycles. The van der Waals surface area contributed by atoms with Gasteiger partial charge in [-0.3, -0.25) is 14.9 Å². The van der Waals surface area contributed by atoms with Gasteiger partial charge in [-0.05, 0) is 24.6 Å². The summed E-state index contributed by atoms with van der Waals surface area (Å²) in [6.07, 6.45) is -0.0279. The summed E-state index contributed by atoms with van der Waals surface area (Å²) < 4.78 is 5.40. The highest BCUT2D eigenvalue weighted by atomic mass is 35.5. The Bertz CT molecular complexity index is 523. The molecule has 2 atom stereocenters. The fourth-order valence-electron chi connectivity index (χ4n) is 1.97. The van der Waals surface area contributed by atoms with E-state index in [1.807, 2.05) is 0 Å². The Hall–Kier alpha value is -1.63. The van der Waals surface area contributed by atoms with E-state index in [0.717, 1.165) is 0 Å². The fraction of sp³-hybridized carbons (Fsp3) is 0.429. The third-order valence-electron chi connectivity index (χ3n) is 3.08. The molecule has 0 radical (unpaired) electrons. The lowest BCUT2D eigenvalue weighted by Crippen LogP contribution is -2.52. The number of hydrogen-bond donors (Lipinski definition) is 3. The number of halogens is 1. The van der Waals surface area contributed by atoms with Crippen LogP contribution in [0.3, 0.4) is 0 Å². The maximum Gasteiger partial charge on any atom is 0.243 e. The van der Waals surface area contributed by atoms with Gasteiger partial charge in [-0.15, -0.1) is 0 Å². The van der Waals surface area contributed by atoms with Gasteiger partial charge >= 0.3 is 0 Å². The van der Waals surface area contributed by atoms with E-state index in [0.29, 0.717) is 23.6 Å². The highest BCUT2D eigenvalue weighted by molar-refractivity contribution is 6.30. The SMILES string of the molecule is O=C1CCC(NCC(O)COc2cccc(Cl)c2)C(=O)N1. The molecule has 1 aromatic rings. The smallest absolute Gasteiger partial charge is 0.243 e. The number of hydrogen-bond acceptors (Lipinski definition) is 5.